The van der Waals surface area contributed by atoms with Gasteiger partial charge in [-0.05, 0) is 12.3 Å². The molecule has 0 radical (unpaired) electrons. The molecule has 31 heavy (non-hydrogen) atoms. The van der Waals surface area contributed by atoms with E-state index in [2.05, 4.69) is 0 Å². The van der Waals surface area contributed by atoms with E-state index >= 15 is 0 Å². The molecule has 0 aromatic rings. The van der Waals surface area contributed by atoms with Crippen LogP contribution in [0, 0.1) is 5.92 Å². The molecule has 178 valence electrons. The van der Waals surface area contributed by atoms with Crippen LogP contribution in [-0.2, 0) is 24.0 Å². The minimum Gasteiger partial charge on any atom is -0.480 e. The van der Waals surface area contributed by atoms with Crippen LogP contribution >= 0.6 is 0 Å². The molecule has 0 fully saturated rings. The maximum atomic E-state index is 11.8. The fraction of sp³-hybridized carbons (Fsp3) is 0.722. The Bertz CT molecular complexity index is 568. The van der Waals surface area contributed by atoms with Gasteiger partial charge in [-0.1, -0.05) is 13.8 Å². The topological polar surface area (TPSA) is 196 Å². The van der Waals surface area contributed by atoms with Gasteiger partial charge in [0.25, 0.3) is 0 Å². The Hall–Kier alpha value is -2.77. The second-order valence-electron chi connectivity index (χ2n) is 7.52. The number of hydrogen-bond donors (Lipinski definition) is 5. The minimum atomic E-state index is -1.24. The van der Waals surface area contributed by atoms with E-state index < -0.39 is 62.1 Å². The molecule has 13 heteroatoms. The molecule has 0 aromatic heterocycles. The van der Waals surface area contributed by atoms with Gasteiger partial charge in [0.05, 0.1) is 26.2 Å². The van der Waals surface area contributed by atoms with E-state index in [4.69, 9.17) is 20.4 Å². The lowest BCUT2D eigenvalue weighted by Crippen LogP contribution is -2.50. The number of carboxylic acids is 5. The summed E-state index contributed by atoms with van der Waals surface area (Å²) < 4.78 is 0. The van der Waals surface area contributed by atoms with Crippen molar-refractivity contribution >= 4 is 29.8 Å². The molecule has 5 N–H and O–H groups in total. The molecule has 0 saturated heterocycles. The van der Waals surface area contributed by atoms with E-state index in [-0.39, 0.29) is 38.5 Å². The first-order valence-corrected chi connectivity index (χ1v) is 9.60. The normalized spacial score (nSPS) is 12.5. The predicted octanol–water partition coefficient (Wildman–Crippen LogP) is -1.27. The van der Waals surface area contributed by atoms with Gasteiger partial charge in [0.15, 0.2) is 0 Å². The number of rotatable bonds is 18. The lowest BCUT2D eigenvalue weighted by atomic mass is 10.0. The standard InChI is InChI=1S/C18H31N3O10/c1-12(2)7-13(18(30)31)21(5-3-19(8-14(22)23)9-15(24)25)6-4-20(10-16(26)27)11-17(28)29/h12-13H,3-11H2,1-2H3,(H,22,23)(H,24,25)(H,26,27)(H,28,29)(H,30,31)/t13-/m0/s1. The summed E-state index contributed by atoms with van der Waals surface area (Å²) in [5.74, 6) is -6.10. The zero-order valence-electron chi connectivity index (χ0n) is 17.6. The summed E-state index contributed by atoms with van der Waals surface area (Å²) in [6.45, 7) is 1.32. The third kappa shape index (κ3) is 14.0. The van der Waals surface area contributed by atoms with Crippen LogP contribution in [0.4, 0.5) is 0 Å². The summed E-state index contributed by atoms with van der Waals surface area (Å²) in [6, 6.07) is -0.993. The van der Waals surface area contributed by atoms with E-state index in [1.165, 1.54) is 4.90 Å². The first-order valence-electron chi connectivity index (χ1n) is 9.60. The number of carboxylic acid groups (broad SMARTS) is 5. The monoisotopic (exact) mass is 449 g/mol. The van der Waals surface area contributed by atoms with Gasteiger partial charge < -0.3 is 25.5 Å². The maximum Gasteiger partial charge on any atom is 0.320 e. The average Bonchev–Trinajstić information content (AvgIpc) is 2.57. The van der Waals surface area contributed by atoms with Gasteiger partial charge >= 0.3 is 29.8 Å². The highest BCUT2D eigenvalue weighted by atomic mass is 16.4. The van der Waals surface area contributed by atoms with Crippen LogP contribution in [-0.4, -0.2) is 128 Å². The van der Waals surface area contributed by atoms with Gasteiger partial charge in [0, 0.05) is 26.2 Å². The van der Waals surface area contributed by atoms with Crippen LogP contribution in [0.3, 0.4) is 0 Å². The molecule has 0 saturated carbocycles. The van der Waals surface area contributed by atoms with Crippen molar-refractivity contribution < 1.29 is 49.5 Å². The van der Waals surface area contributed by atoms with E-state index in [1.54, 1.807) is 0 Å². The average molecular weight is 449 g/mol. The number of aliphatic carboxylic acids is 5. The zero-order chi connectivity index (χ0) is 24.1. The zero-order valence-corrected chi connectivity index (χ0v) is 17.6. The molecule has 0 aliphatic rings. The molecule has 0 aliphatic heterocycles. The van der Waals surface area contributed by atoms with E-state index in [1.807, 2.05) is 13.8 Å². The summed E-state index contributed by atoms with van der Waals surface area (Å²) in [5.41, 5.74) is 0. The molecule has 0 aromatic carbocycles. The van der Waals surface area contributed by atoms with Crippen LogP contribution in [0.5, 0.6) is 0 Å². The molecule has 13 nitrogen and oxygen atoms in total. The molecule has 0 heterocycles. The molecular weight excluding hydrogens is 418 g/mol. The van der Waals surface area contributed by atoms with Crippen LogP contribution in [0.25, 0.3) is 0 Å². The van der Waals surface area contributed by atoms with Gasteiger partial charge in [-0.2, -0.15) is 0 Å². The Morgan fingerprint density at radius 1 is 0.613 bits per heavy atom. The van der Waals surface area contributed by atoms with Crippen molar-refractivity contribution in [1.82, 2.24) is 14.7 Å². The SMILES string of the molecule is CC(C)C[C@@H](C(=O)O)N(CCN(CC(=O)O)CC(=O)O)CCN(CC(=O)O)CC(=O)O. The van der Waals surface area contributed by atoms with Gasteiger partial charge in [0.1, 0.15) is 6.04 Å². The van der Waals surface area contributed by atoms with Crippen molar-refractivity contribution in [2.45, 2.75) is 26.3 Å². The van der Waals surface area contributed by atoms with Crippen molar-refractivity contribution in [2.75, 3.05) is 52.4 Å². The Morgan fingerprint density at radius 2 is 0.935 bits per heavy atom. The predicted molar refractivity (Wildman–Crippen MR) is 106 cm³/mol. The molecule has 0 spiro atoms. The highest BCUT2D eigenvalue weighted by Crippen LogP contribution is 2.13. The first-order chi connectivity index (χ1) is 14.3. The Labute approximate surface area is 179 Å². The summed E-state index contributed by atoms with van der Waals surface area (Å²) in [4.78, 5) is 59.5. The smallest absolute Gasteiger partial charge is 0.320 e. The third-order valence-corrected chi connectivity index (χ3v) is 4.26. The number of nitrogens with zero attached hydrogens (tertiary/aromatic N) is 3. The van der Waals surface area contributed by atoms with E-state index in [9.17, 15) is 29.1 Å². The minimum absolute atomic E-state index is 0.00176. The van der Waals surface area contributed by atoms with Crippen LogP contribution in [0.1, 0.15) is 20.3 Å². The maximum absolute atomic E-state index is 11.8. The van der Waals surface area contributed by atoms with Crippen LogP contribution < -0.4 is 0 Å². The lowest BCUT2D eigenvalue weighted by molar-refractivity contribution is -0.146. The highest BCUT2D eigenvalue weighted by Gasteiger charge is 2.28. The fourth-order valence-electron chi connectivity index (χ4n) is 3.01. The lowest BCUT2D eigenvalue weighted by Gasteiger charge is -2.33. The number of hydrogen-bond acceptors (Lipinski definition) is 8. The van der Waals surface area contributed by atoms with Crippen molar-refractivity contribution in [3.63, 3.8) is 0 Å². The van der Waals surface area contributed by atoms with E-state index in [0.29, 0.717) is 0 Å². The van der Waals surface area contributed by atoms with Crippen LogP contribution in [0.2, 0.25) is 0 Å². The van der Waals surface area contributed by atoms with Gasteiger partial charge in [-0.3, -0.25) is 38.7 Å². The highest BCUT2D eigenvalue weighted by molar-refractivity contribution is 5.74. The van der Waals surface area contributed by atoms with Crippen molar-refractivity contribution in [2.24, 2.45) is 5.92 Å². The number of carbonyl (C=O) groups is 5. The molecule has 0 bridgehead atoms. The molecular formula is C18H31N3O10. The van der Waals surface area contributed by atoms with Gasteiger partial charge in [-0.15, -0.1) is 0 Å². The second-order valence-corrected chi connectivity index (χ2v) is 7.52. The Balaban J connectivity index is 5.47. The van der Waals surface area contributed by atoms with E-state index in [0.717, 1.165) is 9.80 Å². The molecule has 0 rings (SSSR count). The molecule has 0 amide bonds. The molecule has 1 atom stereocenters. The molecule has 0 unspecified atom stereocenters. The Kier molecular flexibility index (Phi) is 13.0. The fourth-order valence-corrected chi connectivity index (χ4v) is 3.01. The summed E-state index contributed by atoms with van der Waals surface area (Å²) >= 11 is 0. The van der Waals surface area contributed by atoms with Crippen LogP contribution in [0.15, 0.2) is 0 Å². The summed E-state index contributed by atoms with van der Waals surface area (Å²) in [6.07, 6.45) is 0.241. The third-order valence-electron chi connectivity index (χ3n) is 4.26. The van der Waals surface area contributed by atoms with Crippen molar-refractivity contribution in [3.05, 3.63) is 0 Å². The quantitative estimate of drug-likeness (QED) is 0.166. The first kappa shape index (κ1) is 28.2. The molecule has 0 aliphatic carbocycles. The van der Waals surface area contributed by atoms with Gasteiger partial charge in [-0.25, -0.2) is 0 Å². The second kappa shape index (κ2) is 14.3. The summed E-state index contributed by atoms with van der Waals surface area (Å²) in [7, 11) is 0. The summed E-state index contributed by atoms with van der Waals surface area (Å²) in [5, 5.41) is 45.5. The van der Waals surface area contributed by atoms with Crippen molar-refractivity contribution in [3.8, 4) is 0 Å². The Morgan fingerprint density at radius 3 is 1.16 bits per heavy atom. The van der Waals surface area contributed by atoms with Gasteiger partial charge in [0.2, 0.25) is 0 Å². The van der Waals surface area contributed by atoms with Crippen molar-refractivity contribution in [1.29, 1.82) is 0 Å². The largest absolute Gasteiger partial charge is 0.480 e.